The van der Waals surface area contributed by atoms with Crippen LogP contribution in [0, 0.1) is 5.82 Å². The van der Waals surface area contributed by atoms with Gasteiger partial charge in [-0.05, 0) is 42.3 Å². The van der Waals surface area contributed by atoms with Crippen molar-refractivity contribution in [2.45, 2.75) is 12.8 Å². The van der Waals surface area contributed by atoms with Crippen molar-refractivity contribution < 1.29 is 14.0 Å². The topological polar surface area (TPSA) is 62.3 Å². The smallest absolute Gasteiger partial charge is 0.266 e. The number of fused-ring (bicyclic) bond motifs is 1. The highest BCUT2D eigenvalue weighted by Gasteiger charge is 2.31. The molecule has 0 unspecified atom stereocenters. The minimum absolute atomic E-state index is 0.152. The molecule has 4 rings (SSSR count). The molecule has 0 radical (unpaired) electrons. The van der Waals surface area contributed by atoms with Crippen LogP contribution in [0.3, 0.4) is 0 Å². The van der Waals surface area contributed by atoms with E-state index in [0.717, 1.165) is 15.8 Å². The Morgan fingerprint density at radius 1 is 1.20 bits per heavy atom. The van der Waals surface area contributed by atoms with Crippen molar-refractivity contribution in [3.63, 3.8) is 0 Å². The molecule has 2 amide bonds. The van der Waals surface area contributed by atoms with Crippen molar-refractivity contribution >= 4 is 72.9 Å². The largest absolute Gasteiger partial charge is 0.302 e. The fraction of sp³-hybridized carbons (Fsp3) is 0.143. The average molecular weight is 458 g/mol. The number of carbonyl (C=O) groups excluding carboxylic acids is 2. The number of aromatic nitrogens is 1. The number of hydrogen-bond donors (Lipinski definition) is 1. The van der Waals surface area contributed by atoms with E-state index < -0.39 is 0 Å². The summed E-state index contributed by atoms with van der Waals surface area (Å²) in [5, 5.41) is 3.37. The number of hydrogen-bond acceptors (Lipinski definition) is 6. The van der Waals surface area contributed by atoms with E-state index in [-0.39, 0.29) is 24.1 Å². The van der Waals surface area contributed by atoms with Gasteiger partial charge in [-0.3, -0.25) is 14.5 Å². The Morgan fingerprint density at radius 3 is 2.73 bits per heavy atom. The maximum absolute atomic E-state index is 13.0. The zero-order chi connectivity index (χ0) is 21.1. The Kier molecular flexibility index (Phi) is 6.21. The third-order valence-corrected chi connectivity index (χ3v) is 6.70. The van der Waals surface area contributed by atoms with Crippen LogP contribution in [0.2, 0.25) is 0 Å². The van der Waals surface area contributed by atoms with Crippen LogP contribution >= 0.6 is 35.3 Å². The van der Waals surface area contributed by atoms with Gasteiger partial charge in [-0.25, -0.2) is 9.37 Å². The second-order valence-electron chi connectivity index (χ2n) is 6.52. The van der Waals surface area contributed by atoms with Crippen LogP contribution in [-0.2, 0) is 9.59 Å². The Balaban J connectivity index is 1.31. The number of nitrogens with one attached hydrogen (secondary N) is 1. The van der Waals surface area contributed by atoms with Gasteiger partial charge in [0.1, 0.15) is 10.1 Å². The van der Waals surface area contributed by atoms with Crippen molar-refractivity contribution in [3.8, 4) is 0 Å². The number of halogens is 1. The van der Waals surface area contributed by atoms with Crippen molar-refractivity contribution in [3.05, 3.63) is 64.8 Å². The third kappa shape index (κ3) is 4.75. The molecular weight excluding hydrogens is 441 g/mol. The fourth-order valence-corrected chi connectivity index (χ4v) is 5.10. The predicted molar refractivity (Wildman–Crippen MR) is 124 cm³/mol. The summed E-state index contributed by atoms with van der Waals surface area (Å²) in [4.78, 5) is 31.2. The van der Waals surface area contributed by atoms with Gasteiger partial charge in [0.05, 0.1) is 15.1 Å². The summed E-state index contributed by atoms with van der Waals surface area (Å²) in [5.74, 6) is -0.675. The molecule has 3 aromatic rings. The molecular formula is C21H16FN3O2S3. The van der Waals surface area contributed by atoms with Crippen LogP contribution < -0.4 is 5.32 Å². The Morgan fingerprint density at radius 2 is 1.97 bits per heavy atom. The highest BCUT2D eigenvalue weighted by Crippen LogP contribution is 2.32. The van der Waals surface area contributed by atoms with Gasteiger partial charge < -0.3 is 5.32 Å². The summed E-state index contributed by atoms with van der Waals surface area (Å²) in [6, 6.07) is 13.6. The van der Waals surface area contributed by atoms with Crippen molar-refractivity contribution in [2.75, 3.05) is 11.9 Å². The van der Waals surface area contributed by atoms with E-state index in [1.807, 2.05) is 24.3 Å². The first-order valence-electron chi connectivity index (χ1n) is 9.16. The summed E-state index contributed by atoms with van der Waals surface area (Å²) in [6.07, 6.45) is 2.43. The van der Waals surface area contributed by atoms with Gasteiger partial charge in [-0.2, -0.15) is 0 Å². The zero-order valence-electron chi connectivity index (χ0n) is 15.6. The van der Waals surface area contributed by atoms with Gasteiger partial charge >= 0.3 is 0 Å². The Labute approximate surface area is 186 Å². The van der Waals surface area contributed by atoms with Gasteiger partial charge in [-0.15, -0.1) is 0 Å². The molecule has 1 aromatic heterocycles. The van der Waals surface area contributed by atoms with Gasteiger partial charge in [0.2, 0.25) is 5.91 Å². The fourth-order valence-electron chi connectivity index (χ4n) is 2.91. The van der Waals surface area contributed by atoms with E-state index >= 15 is 0 Å². The summed E-state index contributed by atoms with van der Waals surface area (Å²) < 4.78 is 14.5. The summed E-state index contributed by atoms with van der Waals surface area (Å²) in [5.41, 5.74) is 1.58. The molecule has 1 aliphatic rings. The third-order valence-electron chi connectivity index (χ3n) is 4.37. The maximum Gasteiger partial charge on any atom is 0.266 e. The van der Waals surface area contributed by atoms with E-state index in [0.29, 0.717) is 27.3 Å². The second kappa shape index (κ2) is 9.03. The van der Waals surface area contributed by atoms with Gasteiger partial charge in [0.25, 0.3) is 5.91 Å². The molecule has 0 atom stereocenters. The van der Waals surface area contributed by atoms with E-state index in [1.165, 1.54) is 40.1 Å². The SMILES string of the molecule is O=C(CCCN1C(=O)/C(=C/c2ccc(F)cc2)SC1=S)Nc1nc2ccccc2s1. The number of amides is 2. The van der Waals surface area contributed by atoms with Crippen molar-refractivity contribution in [1.82, 2.24) is 9.88 Å². The Bertz CT molecular complexity index is 1120. The molecule has 1 saturated heterocycles. The molecule has 2 heterocycles. The van der Waals surface area contributed by atoms with E-state index in [9.17, 15) is 14.0 Å². The first kappa shape index (κ1) is 20.6. The lowest BCUT2D eigenvalue weighted by atomic mass is 10.2. The first-order valence-corrected chi connectivity index (χ1v) is 11.2. The van der Waals surface area contributed by atoms with Gasteiger partial charge in [0.15, 0.2) is 5.13 Å². The predicted octanol–water partition coefficient (Wildman–Crippen LogP) is 5.06. The van der Waals surface area contributed by atoms with E-state index in [1.54, 1.807) is 18.2 Å². The molecule has 30 heavy (non-hydrogen) atoms. The van der Waals surface area contributed by atoms with Gasteiger partial charge in [-0.1, -0.05) is 59.6 Å². The van der Waals surface area contributed by atoms with Crippen LogP contribution in [0.15, 0.2) is 53.4 Å². The molecule has 1 N–H and O–H groups in total. The molecule has 5 nitrogen and oxygen atoms in total. The quantitative estimate of drug-likeness (QED) is 0.414. The lowest BCUT2D eigenvalue weighted by Crippen LogP contribution is -2.29. The van der Waals surface area contributed by atoms with Crippen molar-refractivity contribution in [2.24, 2.45) is 0 Å². The van der Waals surface area contributed by atoms with Crippen LogP contribution in [0.1, 0.15) is 18.4 Å². The summed E-state index contributed by atoms with van der Waals surface area (Å²) in [7, 11) is 0. The monoisotopic (exact) mass is 457 g/mol. The number of thiazole rings is 1. The van der Waals surface area contributed by atoms with Crippen LogP contribution in [0.5, 0.6) is 0 Å². The van der Waals surface area contributed by atoms with Crippen LogP contribution in [0.4, 0.5) is 9.52 Å². The van der Waals surface area contributed by atoms with E-state index in [2.05, 4.69) is 10.3 Å². The number of nitrogens with zero attached hydrogens (tertiary/aromatic N) is 2. The highest BCUT2D eigenvalue weighted by atomic mass is 32.2. The van der Waals surface area contributed by atoms with Crippen molar-refractivity contribution in [1.29, 1.82) is 0 Å². The average Bonchev–Trinajstić information content (AvgIpc) is 3.24. The first-order chi connectivity index (χ1) is 14.5. The van der Waals surface area contributed by atoms with Gasteiger partial charge in [0, 0.05) is 13.0 Å². The number of thioether (sulfide) groups is 1. The molecule has 9 heteroatoms. The summed E-state index contributed by atoms with van der Waals surface area (Å²) >= 11 is 7.95. The Hall–Kier alpha value is -2.62. The molecule has 0 spiro atoms. The molecule has 0 saturated carbocycles. The van der Waals surface area contributed by atoms with Crippen LogP contribution in [-0.4, -0.2) is 32.6 Å². The second-order valence-corrected chi connectivity index (χ2v) is 9.23. The molecule has 2 aromatic carbocycles. The standard InChI is InChI=1S/C21H16FN3O2S3/c22-14-9-7-13(8-10-14)12-17-19(27)25(21(28)30-17)11-3-6-18(26)24-20-23-15-4-1-2-5-16(15)29-20/h1-2,4-5,7-10,12H,3,6,11H2,(H,23,24,26)/b17-12-. The number of carbonyl (C=O) groups is 2. The minimum Gasteiger partial charge on any atom is -0.302 e. The number of rotatable bonds is 6. The minimum atomic E-state index is -0.330. The maximum atomic E-state index is 13.0. The lowest BCUT2D eigenvalue weighted by molar-refractivity contribution is -0.122. The number of benzene rings is 2. The molecule has 0 bridgehead atoms. The molecule has 152 valence electrons. The molecule has 1 aliphatic heterocycles. The number of anilines is 1. The number of thiocarbonyl (C=S) groups is 1. The number of para-hydroxylation sites is 1. The molecule has 1 fully saturated rings. The highest BCUT2D eigenvalue weighted by molar-refractivity contribution is 8.26. The zero-order valence-corrected chi connectivity index (χ0v) is 18.1. The summed E-state index contributed by atoms with van der Waals surface area (Å²) in [6.45, 7) is 0.360. The molecule has 0 aliphatic carbocycles. The normalized spacial score (nSPS) is 15.4. The van der Waals surface area contributed by atoms with E-state index in [4.69, 9.17) is 12.2 Å². The van der Waals surface area contributed by atoms with Crippen LogP contribution in [0.25, 0.3) is 16.3 Å². The lowest BCUT2D eigenvalue weighted by Gasteiger charge is -2.13.